The molecule has 3 aromatic heterocycles. The van der Waals surface area contributed by atoms with Crippen molar-refractivity contribution in [3.05, 3.63) is 34.4 Å². The molecule has 12 heteroatoms. The number of nitrogens with zero attached hydrogens (tertiary/aromatic N) is 6. The van der Waals surface area contributed by atoms with Crippen LogP contribution in [0.25, 0.3) is 21.0 Å². The van der Waals surface area contributed by atoms with Gasteiger partial charge in [0.2, 0.25) is 17.2 Å². The highest BCUT2D eigenvalue weighted by atomic mass is 35.5. The number of halogens is 1. The molecule has 1 amide bonds. The van der Waals surface area contributed by atoms with E-state index < -0.39 is 0 Å². The van der Waals surface area contributed by atoms with Gasteiger partial charge in [-0.3, -0.25) is 4.79 Å². The molecule has 0 spiro atoms. The number of anilines is 4. The van der Waals surface area contributed by atoms with Gasteiger partial charge in [0.15, 0.2) is 0 Å². The molecule has 0 aliphatic carbocycles. The molecule has 1 aromatic carbocycles. The van der Waals surface area contributed by atoms with Gasteiger partial charge in [0.05, 0.1) is 11.2 Å². The molecule has 1 atom stereocenters. The minimum Gasteiger partial charge on any atom is -0.381 e. The average molecular weight is 510 g/mol. The van der Waals surface area contributed by atoms with Crippen LogP contribution in [0.15, 0.2) is 24.3 Å². The smallest absolute Gasteiger partial charge is 0.263 e. The summed E-state index contributed by atoms with van der Waals surface area (Å²) in [4.78, 5) is 35.7. The molecule has 4 aromatic rings. The fourth-order valence-corrected chi connectivity index (χ4v) is 5.71. The predicted molar refractivity (Wildman–Crippen MR) is 140 cm³/mol. The van der Waals surface area contributed by atoms with E-state index in [2.05, 4.69) is 47.7 Å². The van der Waals surface area contributed by atoms with E-state index in [4.69, 9.17) is 16.6 Å². The third kappa shape index (κ3) is 4.19. The van der Waals surface area contributed by atoms with Crippen LogP contribution >= 0.6 is 22.9 Å². The van der Waals surface area contributed by atoms with Crippen molar-refractivity contribution in [1.29, 1.82) is 0 Å². The van der Waals surface area contributed by atoms with Crippen molar-refractivity contribution < 1.29 is 4.79 Å². The van der Waals surface area contributed by atoms with Crippen molar-refractivity contribution in [3.63, 3.8) is 0 Å². The zero-order chi connectivity index (χ0) is 24.1. The maximum absolute atomic E-state index is 12.7. The van der Waals surface area contributed by atoms with Gasteiger partial charge in [-0.2, -0.15) is 15.0 Å². The molecule has 0 radical (unpaired) electrons. The maximum Gasteiger partial charge on any atom is 0.263 e. The Morgan fingerprint density at radius 1 is 1.09 bits per heavy atom. The molecular weight excluding hydrogens is 486 g/mol. The second-order valence-corrected chi connectivity index (χ2v) is 10.3. The number of likely N-dealkylation sites (N-methyl/N-ethyl adjacent to an activating group) is 1. The fraction of sp³-hybridized carbons (Fsp3) is 0.348. The number of aromatic nitrogens is 4. The Morgan fingerprint density at radius 2 is 1.91 bits per heavy atom. The van der Waals surface area contributed by atoms with Crippen LogP contribution < -0.4 is 20.9 Å². The van der Waals surface area contributed by atoms with E-state index in [1.807, 2.05) is 31.2 Å². The summed E-state index contributed by atoms with van der Waals surface area (Å²) < 4.78 is 1.04. The number of rotatable bonds is 3. The van der Waals surface area contributed by atoms with Gasteiger partial charge in [-0.05, 0) is 49.8 Å². The lowest BCUT2D eigenvalue weighted by Crippen LogP contribution is -2.45. The average Bonchev–Trinajstić information content (AvgIpc) is 3.15. The van der Waals surface area contributed by atoms with E-state index in [-0.39, 0.29) is 17.2 Å². The summed E-state index contributed by atoms with van der Waals surface area (Å²) in [6.07, 6.45) is 0. The van der Waals surface area contributed by atoms with Crippen molar-refractivity contribution >= 4 is 73.2 Å². The SMILES string of the molecule is C[C@H]1CNc2c(sc3ccc4nc(Nc5nc(Cl)nc(N6CCN(C)CC6)n5)ccc4c23)C(=O)N1. The molecule has 0 bridgehead atoms. The van der Waals surface area contributed by atoms with Crippen LogP contribution in [0.3, 0.4) is 0 Å². The second-order valence-electron chi connectivity index (χ2n) is 8.91. The summed E-state index contributed by atoms with van der Waals surface area (Å²) >= 11 is 7.71. The number of hydrogen-bond acceptors (Lipinski definition) is 10. The molecule has 10 nitrogen and oxygen atoms in total. The van der Waals surface area contributed by atoms with Gasteiger partial charge in [-0.25, -0.2) is 4.98 Å². The molecule has 35 heavy (non-hydrogen) atoms. The lowest BCUT2D eigenvalue weighted by Gasteiger charge is -2.32. The topological polar surface area (TPSA) is 111 Å². The van der Waals surface area contributed by atoms with Gasteiger partial charge in [0, 0.05) is 54.2 Å². The summed E-state index contributed by atoms with van der Waals surface area (Å²) in [5.41, 5.74) is 1.68. The Hall–Kier alpha value is -3.28. The quantitative estimate of drug-likeness (QED) is 0.383. The minimum absolute atomic E-state index is 0.0408. The number of carbonyl (C=O) groups is 1. The lowest BCUT2D eigenvalue weighted by molar-refractivity contribution is 0.0949. The van der Waals surface area contributed by atoms with Crippen molar-refractivity contribution in [1.82, 2.24) is 30.2 Å². The van der Waals surface area contributed by atoms with Gasteiger partial charge >= 0.3 is 0 Å². The first kappa shape index (κ1) is 22.2. The van der Waals surface area contributed by atoms with E-state index in [1.54, 1.807) is 0 Å². The highest BCUT2D eigenvalue weighted by Gasteiger charge is 2.25. The largest absolute Gasteiger partial charge is 0.381 e. The number of thiophene rings is 1. The summed E-state index contributed by atoms with van der Waals surface area (Å²) in [6.45, 7) is 6.20. The molecule has 180 valence electrons. The van der Waals surface area contributed by atoms with E-state index in [9.17, 15) is 4.79 Å². The van der Waals surface area contributed by atoms with E-state index in [1.165, 1.54) is 11.3 Å². The Labute approximate surface area is 210 Å². The number of piperazine rings is 1. The monoisotopic (exact) mass is 509 g/mol. The summed E-state index contributed by atoms with van der Waals surface area (Å²) in [6, 6.07) is 7.94. The first-order valence-corrected chi connectivity index (χ1v) is 12.7. The maximum atomic E-state index is 12.7. The van der Waals surface area contributed by atoms with E-state index in [0.29, 0.717) is 29.1 Å². The Balaban J connectivity index is 1.33. The van der Waals surface area contributed by atoms with E-state index >= 15 is 0 Å². The summed E-state index contributed by atoms with van der Waals surface area (Å²) in [7, 11) is 2.10. The molecule has 2 aliphatic heterocycles. The van der Waals surface area contributed by atoms with Crippen LogP contribution in [-0.4, -0.2) is 76.6 Å². The number of fused-ring (bicyclic) bond motifs is 5. The van der Waals surface area contributed by atoms with Crippen LogP contribution in [0.2, 0.25) is 5.28 Å². The van der Waals surface area contributed by atoms with Gasteiger partial charge in [-0.1, -0.05) is 0 Å². The lowest BCUT2D eigenvalue weighted by atomic mass is 10.1. The van der Waals surface area contributed by atoms with E-state index in [0.717, 1.165) is 52.9 Å². The second kappa shape index (κ2) is 8.74. The van der Waals surface area contributed by atoms with Crippen LogP contribution in [-0.2, 0) is 0 Å². The van der Waals surface area contributed by atoms with Crippen molar-refractivity contribution in [2.24, 2.45) is 0 Å². The van der Waals surface area contributed by atoms with Crippen LogP contribution in [0, 0.1) is 0 Å². The molecule has 0 unspecified atom stereocenters. The molecule has 2 aliphatic rings. The third-order valence-electron chi connectivity index (χ3n) is 6.31. The normalized spacial score (nSPS) is 18.8. The zero-order valence-electron chi connectivity index (χ0n) is 19.3. The number of hydrogen-bond donors (Lipinski definition) is 3. The van der Waals surface area contributed by atoms with Gasteiger partial charge in [0.1, 0.15) is 10.7 Å². The Morgan fingerprint density at radius 3 is 2.74 bits per heavy atom. The van der Waals surface area contributed by atoms with Gasteiger partial charge < -0.3 is 25.8 Å². The summed E-state index contributed by atoms with van der Waals surface area (Å²) in [5, 5.41) is 11.8. The molecule has 1 fully saturated rings. The van der Waals surface area contributed by atoms with Crippen LogP contribution in [0.5, 0.6) is 0 Å². The summed E-state index contributed by atoms with van der Waals surface area (Å²) in [5.74, 6) is 1.47. The number of benzene rings is 1. The van der Waals surface area contributed by atoms with Gasteiger partial charge in [0.25, 0.3) is 5.91 Å². The number of nitrogens with one attached hydrogen (secondary N) is 3. The third-order valence-corrected chi connectivity index (χ3v) is 7.64. The van der Waals surface area contributed by atoms with Gasteiger partial charge in [-0.15, -0.1) is 11.3 Å². The minimum atomic E-state index is -0.0408. The highest BCUT2D eigenvalue weighted by Crippen LogP contribution is 2.41. The highest BCUT2D eigenvalue weighted by molar-refractivity contribution is 7.21. The fourth-order valence-electron chi connectivity index (χ4n) is 4.45. The number of pyridine rings is 1. The number of amides is 1. The zero-order valence-corrected chi connectivity index (χ0v) is 20.9. The molecule has 5 heterocycles. The first-order chi connectivity index (χ1) is 16.9. The predicted octanol–water partition coefficient (Wildman–Crippen LogP) is 3.33. The van der Waals surface area contributed by atoms with Crippen molar-refractivity contribution in [2.75, 3.05) is 55.3 Å². The number of carbonyl (C=O) groups excluding carboxylic acids is 1. The van der Waals surface area contributed by atoms with Crippen LogP contribution in [0.1, 0.15) is 16.6 Å². The molecule has 6 rings (SSSR count). The Kier molecular flexibility index (Phi) is 5.54. The standard InChI is InChI=1S/C23H24ClN9OS/c1-12-11-25-18-17-13-3-6-16(27-14(13)4-5-15(17)35-19(18)20(34)26-12)28-22-29-21(24)30-23(31-22)33-9-7-32(2)8-10-33/h3-6,12,25H,7-11H2,1-2H3,(H,26,34)(H,27,28,29,30,31)/t12-/m0/s1. The Bertz CT molecular complexity index is 1450. The van der Waals surface area contributed by atoms with Crippen molar-refractivity contribution in [2.45, 2.75) is 13.0 Å². The first-order valence-electron chi connectivity index (χ1n) is 11.5. The molecule has 3 N–H and O–H groups in total. The molecular formula is C23H24ClN9OS. The molecule has 1 saturated heterocycles. The van der Waals surface area contributed by atoms with Crippen molar-refractivity contribution in [3.8, 4) is 0 Å². The molecule has 0 saturated carbocycles. The van der Waals surface area contributed by atoms with Crippen LogP contribution in [0.4, 0.5) is 23.4 Å².